The van der Waals surface area contributed by atoms with Gasteiger partial charge in [0.2, 0.25) is 0 Å². The first-order valence-corrected chi connectivity index (χ1v) is 6.15. The molecule has 3 nitrogen and oxygen atoms in total. The van der Waals surface area contributed by atoms with Crippen LogP contribution in [0.3, 0.4) is 0 Å². The molecule has 1 aromatic carbocycles. The number of hydrogen-bond acceptors (Lipinski definition) is 3. The average molecular weight is 240 g/mol. The lowest BCUT2D eigenvalue weighted by atomic mass is 10.1. The van der Waals surface area contributed by atoms with Gasteiger partial charge in [0.1, 0.15) is 0 Å². The summed E-state index contributed by atoms with van der Waals surface area (Å²) in [7, 11) is 0. The Kier molecular flexibility index (Phi) is 2.65. The van der Waals surface area contributed by atoms with Crippen molar-refractivity contribution in [2.45, 2.75) is 25.5 Å². The number of aliphatic hydroxyl groups is 1. The molecule has 1 heterocycles. The smallest absolute Gasteiger partial charge is 0.0962 e. The van der Waals surface area contributed by atoms with E-state index >= 15 is 0 Å². The fourth-order valence-corrected chi connectivity index (χ4v) is 2.48. The fourth-order valence-electron chi connectivity index (χ4n) is 2.48. The quantitative estimate of drug-likeness (QED) is 0.801. The number of aryl methyl sites for hydroxylation is 1. The summed E-state index contributed by atoms with van der Waals surface area (Å²) < 4.78 is 0. The molecule has 0 bridgehead atoms. The molecule has 2 atom stereocenters. The summed E-state index contributed by atoms with van der Waals surface area (Å²) in [5, 5.41) is 9.89. The maximum atomic E-state index is 9.89. The number of aromatic nitrogens is 1. The largest absolute Gasteiger partial charge is 0.387 e. The number of aliphatic hydroxyl groups excluding tert-OH is 1. The molecule has 0 saturated heterocycles. The van der Waals surface area contributed by atoms with Crippen molar-refractivity contribution >= 4 is 0 Å². The summed E-state index contributed by atoms with van der Waals surface area (Å²) in [6, 6.07) is 11.9. The number of rotatable bonds is 1. The van der Waals surface area contributed by atoms with Crippen LogP contribution in [0.25, 0.3) is 11.3 Å². The maximum Gasteiger partial charge on any atom is 0.0962 e. The number of fused-ring (bicyclic) bond motifs is 1. The van der Waals surface area contributed by atoms with Crippen molar-refractivity contribution in [3.05, 3.63) is 53.2 Å². The number of nitrogens with zero attached hydrogens (tertiary/aromatic N) is 1. The average Bonchev–Trinajstić information content (AvgIpc) is 2.65. The van der Waals surface area contributed by atoms with Crippen LogP contribution in [0, 0.1) is 6.92 Å². The van der Waals surface area contributed by atoms with Gasteiger partial charge in [0.15, 0.2) is 0 Å². The van der Waals surface area contributed by atoms with E-state index in [4.69, 9.17) is 5.73 Å². The van der Waals surface area contributed by atoms with Gasteiger partial charge in [0, 0.05) is 29.3 Å². The summed E-state index contributed by atoms with van der Waals surface area (Å²) >= 11 is 0. The first kappa shape index (κ1) is 11.4. The standard InChI is InChI=1S/C15H16N2O/c1-9-3-2-4-10(7-9)13-6-5-11-14(17-13)8-12(16)15(11)18/h2-7,12,15,18H,8,16H2,1H3. The minimum atomic E-state index is -0.570. The summed E-state index contributed by atoms with van der Waals surface area (Å²) in [5.74, 6) is 0. The van der Waals surface area contributed by atoms with Crippen LogP contribution in [0.2, 0.25) is 0 Å². The van der Waals surface area contributed by atoms with Crippen molar-refractivity contribution in [1.29, 1.82) is 0 Å². The minimum absolute atomic E-state index is 0.222. The molecule has 1 aromatic heterocycles. The van der Waals surface area contributed by atoms with E-state index in [1.54, 1.807) is 0 Å². The van der Waals surface area contributed by atoms with Crippen LogP contribution in [0.4, 0.5) is 0 Å². The zero-order valence-electron chi connectivity index (χ0n) is 10.3. The van der Waals surface area contributed by atoms with E-state index in [0.717, 1.165) is 22.5 Å². The van der Waals surface area contributed by atoms with Crippen LogP contribution in [0.15, 0.2) is 36.4 Å². The molecule has 0 fully saturated rings. The van der Waals surface area contributed by atoms with Crippen LogP contribution in [0.1, 0.15) is 22.9 Å². The van der Waals surface area contributed by atoms with Crippen molar-refractivity contribution in [3.8, 4) is 11.3 Å². The van der Waals surface area contributed by atoms with Gasteiger partial charge in [-0.05, 0) is 19.1 Å². The molecular weight excluding hydrogens is 224 g/mol. The predicted molar refractivity (Wildman–Crippen MR) is 71.0 cm³/mol. The molecule has 0 radical (unpaired) electrons. The predicted octanol–water partition coefficient (Wildman–Crippen LogP) is 1.97. The highest BCUT2D eigenvalue weighted by molar-refractivity contribution is 5.61. The third-order valence-electron chi connectivity index (χ3n) is 3.48. The fraction of sp³-hybridized carbons (Fsp3) is 0.267. The van der Waals surface area contributed by atoms with Crippen molar-refractivity contribution < 1.29 is 5.11 Å². The summed E-state index contributed by atoms with van der Waals surface area (Å²) in [6.07, 6.45) is 0.0786. The molecule has 1 aliphatic rings. The van der Waals surface area contributed by atoms with Crippen molar-refractivity contribution in [3.63, 3.8) is 0 Å². The van der Waals surface area contributed by atoms with E-state index in [1.165, 1.54) is 5.56 Å². The van der Waals surface area contributed by atoms with E-state index in [9.17, 15) is 5.11 Å². The maximum absolute atomic E-state index is 9.89. The molecule has 2 aromatic rings. The summed E-state index contributed by atoms with van der Waals surface area (Å²) in [6.45, 7) is 2.07. The highest BCUT2D eigenvalue weighted by atomic mass is 16.3. The lowest BCUT2D eigenvalue weighted by Gasteiger charge is -2.08. The Morgan fingerprint density at radius 2 is 2.11 bits per heavy atom. The van der Waals surface area contributed by atoms with Crippen molar-refractivity contribution in [2.75, 3.05) is 0 Å². The van der Waals surface area contributed by atoms with E-state index in [-0.39, 0.29) is 6.04 Å². The topological polar surface area (TPSA) is 59.1 Å². The number of nitrogens with two attached hydrogens (primary N) is 1. The molecule has 0 amide bonds. The Morgan fingerprint density at radius 3 is 2.89 bits per heavy atom. The first-order valence-electron chi connectivity index (χ1n) is 6.15. The number of pyridine rings is 1. The van der Waals surface area contributed by atoms with Gasteiger partial charge in [0.05, 0.1) is 11.8 Å². The Morgan fingerprint density at radius 1 is 1.28 bits per heavy atom. The molecule has 18 heavy (non-hydrogen) atoms. The molecular formula is C15H16N2O. The molecule has 2 unspecified atom stereocenters. The molecule has 0 spiro atoms. The number of benzene rings is 1. The number of hydrogen-bond donors (Lipinski definition) is 2. The van der Waals surface area contributed by atoms with Gasteiger partial charge >= 0.3 is 0 Å². The summed E-state index contributed by atoms with van der Waals surface area (Å²) in [5.41, 5.74) is 10.9. The van der Waals surface area contributed by atoms with Gasteiger partial charge in [-0.15, -0.1) is 0 Å². The van der Waals surface area contributed by atoms with Gasteiger partial charge in [-0.1, -0.05) is 29.8 Å². The first-order chi connectivity index (χ1) is 8.65. The second-order valence-corrected chi connectivity index (χ2v) is 4.91. The van der Waals surface area contributed by atoms with Crippen molar-refractivity contribution in [2.24, 2.45) is 5.73 Å². The highest BCUT2D eigenvalue weighted by Gasteiger charge is 2.29. The van der Waals surface area contributed by atoms with Crippen LogP contribution < -0.4 is 5.73 Å². The molecule has 3 N–H and O–H groups in total. The van der Waals surface area contributed by atoms with E-state index in [1.807, 2.05) is 24.3 Å². The molecule has 3 heteroatoms. The SMILES string of the molecule is Cc1cccc(-c2ccc3c(n2)CC(N)C3O)c1. The highest BCUT2D eigenvalue weighted by Crippen LogP contribution is 2.31. The van der Waals surface area contributed by atoms with E-state index < -0.39 is 6.10 Å². The molecule has 3 rings (SSSR count). The Labute approximate surface area is 106 Å². The van der Waals surface area contributed by atoms with Gasteiger partial charge in [0.25, 0.3) is 0 Å². The van der Waals surface area contributed by atoms with Gasteiger partial charge < -0.3 is 10.8 Å². The van der Waals surface area contributed by atoms with Crippen molar-refractivity contribution in [1.82, 2.24) is 4.98 Å². The third kappa shape index (κ3) is 1.82. The van der Waals surface area contributed by atoms with Crippen LogP contribution in [0.5, 0.6) is 0 Å². The lowest BCUT2D eigenvalue weighted by molar-refractivity contribution is 0.159. The second-order valence-electron chi connectivity index (χ2n) is 4.91. The van der Waals surface area contributed by atoms with E-state index in [2.05, 4.69) is 24.0 Å². The Bertz CT molecular complexity index is 595. The molecule has 0 saturated carbocycles. The van der Waals surface area contributed by atoms with Gasteiger partial charge in [-0.2, -0.15) is 0 Å². The van der Waals surface area contributed by atoms with Gasteiger partial charge in [-0.3, -0.25) is 4.98 Å². The second kappa shape index (κ2) is 4.19. The summed E-state index contributed by atoms with van der Waals surface area (Å²) in [4.78, 5) is 4.63. The third-order valence-corrected chi connectivity index (χ3v) is 3.48. The zero-order chi connectivity index (χ0) is 12.7. The van der Waals surface area contributed by atoms with Crippen LogP contribution in [-0.2, 0) is 6.42 Å². The Balaban J connectivity index is 2.04. The molecule has 92 valence electrons. The van der Waals surface area contributed by atoms with Crippen LogP contribution in [-0.4, -0.2) is 16.1 Å². The minimum Gasteiger partial charge on any atom is -0.387 e. The van der Waals surface area contributed by atoms with Crippen LogP contribution >= 0.6 is 0 Å². The molecule has 0 aliphatic heterocycles. The molecule has 1 aliphatic carbocycles. The monoisotopic (exact) mass is 240 g/mol. The Hall–Kier alpha value is -1.71. The lowest BCUT2D eigenvalue weighted by Crippen LogP contribution is -2.24. The van der Waals surface area contributed by atoms with E-state index in [0.29, 0.717) is 6.42 Å². The zero-order valence-corrected chi connectivity index (χ0v) is 10.3. The normalized spacial score (nSPS) is 21.9. The van der Waals surface area contributed by atoms with Gasteiger partial charge in [-0.25, -0.2) is 0 Å².